The molecule has 28 heavy (non-hydrogen) atoms. The Balaban J connectivity index is 0.00000280. The molecule has 0 saturated carbocycles. The van der Waals surface area contributed by atoms with Gasteiger partial charge in [0.25, 0.3) is 0 Å². The van der Waals surface area contributed by atoms with Gasteiger partial charge in [0.2, 0.25) is 0 Å². The van der Waals surface area contributed by atoms with E-state index in [1.807, 2.05) is 24.3 Å². The smallest absolute Gasteiger partial charge is 0.193 e. The van der Waals surface area contributed by atoms with E-state index in [9.17, 15) is 0 Å². The van der Waals surface area contributed by atoms with Gasteiger partial charge in [0.05, 0.1) is 13.7 Å². The van der Waals surface area contributed by atoms with Crippen LogP contribution in [0.2, 0.25) is 0 Å². The first-order chi connectivity index (χ1) is 13.1. The summed E-state index contributed by atoms with van der Waals surface area (Å²) in [7, 11) is 1.64. The summed E-state index contributed by atoms with van der Waals surface area (Å²) >= 11 is 0. The van der Waals surface area contributed by atoms with Gasteiger partial charge in [0.1, 0.15) is 5.75 Å². The van der Waals surface area contributed by atoms with Crippen LogP contribution in [0.4, 0.5) is 5.69 Å². The highest BCUT2D eigenvalue weighted by atomic mass is 127. The lowest BCUT2D eigenvalue weighted by atomic mass is 9.99. The van der Waals surface area contributed by atoms with Crippen LogP contribution >= 0.6 is 24.0 Å². The van der Waals surface area contributed by atoms with Crippen LogP contribution in [0.5, 0.6) is 5.75 Å². The highest BCUT2D eigenvalue weighted by Gasteiger charge is 2.15. The molecule has 0 spiro atoms. The number of piperidine rings is 1. The van der Waals surface area contributed by atoms with Gasteiger partial charge in [0, 0.05) is 24.8 Å². The van der Waals surface area contributed by atoms with E-state index >= 15 is 0 Å². The zero-order valence-corrected chi connectivity index (χ0v) is 19.1. The Morgan fingerprint density at radius 1 is 1.21 bits per heavy atom. The summed E-state index contributed by atoms with van der Waals surface area (Å²) in [6.45, 7) is 6.36. The van der Waals surface area contributed by atoms with Crippen LogP contribution < -0.4 is 15.8 Å². The van der Waals surface area contributed by atoms with E-state index in [1.165, 1.54) is 31.5 Å². The van der Waals surface area contributed by atoms with Crippen LogP contribution in [0, 0.1) is 5.92 Å². The van der Waals surface area contributed by atoms with Gasteiger partial charge in [-0.05, 0) is 48.6 Å². The SMILES string of the molecule is COc1cccc(NC(N)=NCc2ccc(CN3CCCC(C)C3)cc2)c1.I. The second-order valence-electron chi connectivity index (χ2n) is 7.36. The van der Waals surface area contributed by atoms with Crippen molar-refractivity contribution in [2.75, 3.05) is 25.5 Å². The minimum atomic E-state index is 0. The molecule has 1 saturated heterocycles. The van der Waals surface area contributed by atoms with Crippen molar-refractivity contribution in [1.82, 2.24) is 4.90 Å². The van der Waals surface area contributed by atoms with Gasteiger partial charge >= 0.3 is 0 Å². The second kappa shape index (κ2) is 11.3. The van der Waals surface area contributed by atoms with Gasteiger partial charge in [-0.25, -0.2) is 4.99 Å². The van der Waals surface area contributed by atoms with Gasteiger partial charge < -0.3 is 15.8 Å². The molecule has 1 fully saturated rings. The van der Waals surface area contributed by atoms with Crippen LogP contribution in [0.3, 0.4) is 0 Å². The number of nitrogens with zero attached hydrogens (tertiary/aromatic N) is 2. The van der Waals surface area contributed by atoms with Crippen molar-refractivity contribution >= 4 is 35.6 Å². The summed E-state index contributed by atoms with van der Waals surface area (Å²) in [6.07, 6.45) is 2.67. The molecule has 0 aliphatic carbocycles. The number of aliphatic imine (C=N–C) groups is 1. The minimum absolute atomic E-state index is 0. The van der Waals surface area contributed by atoms with Crippen molar-refractivity contribution in [3.8, 4) is 5.75 Å². The minimum Gasteiger partial charge on any atom is -0.497 e. The van der Waals surface area contributed by atoms with Crippen molar-refractivity contribution < 1.29 is 4.74 Å². The van der Waals surface area contributed by atoms with Crippen LogP contribution in [-0.2, 0) is 13.1 Å². The third-order valence-corrected chi connectivity index (χ3v) is 4.94. The number of methoxy groups -OCH3 is 1. The normalized spacial score (nSPS) is 17.6. The summed E-state index contributed by atoms with van der Waals surface area (Å²) in [5.74, 6) is 1.99. The summed E-state index contributed by atoms with van der Waals surface area (Å²) in [4.78, 5) is 6.99. The van der Waals surface area contributed by atoms with Gasteiger partial charge in [-0.1, -0.05) is 37.3 Å². The van der Waals surface area contributed by atoms with Gasteiger partial charge in [-0.2, -0.15) is 0 Å². The molecule has 1 aliphatic heterocycles. The molecule has 1 atom stereocenters. The maximum atomic E-state index is 6.00. The topological polar surface area (TPSA) is 62.9 Å². The lowest BCUT2D eigenvalue weighted by Gasteiger charge is -2.30. The Labute approximate surface area is 185 Å². The fraction of sp³-hybridized carbons (Fsp3) is 0.409. The Kier molecular flexibility index (Phi) is 9.05. The molecular formula is C22H31IN4O. The van der Waals surface area contributed by atoms with Crippen LogP contribution in [0.25, 0.3) is 0 Å². The third-order valence-electron chi connectivity index (χ3n) is 4.94. The lowest BCUT2D eigenvalue weighted by Crippen LogP contribution is -2.33. The molecule has 1 aliphatic rings. The number of guanidine groups is 1. The summed E-state index contributed by atoms with van der Waals surface area (Å²) in [5, 5.41) is 3.10. The van der Waals surface area contributed by atoms with Crippen LogP contribution in [0.15, 0.2) is 53.5 Å². The number of hydrogen-bond donors (Lipinski definition) is 2. The average molecular weight is 494 g/mol. The van der Waals surface area contributed by atoms with Gasteiger partial charge in [-0.3, -0.25) is 4.90 Å². The maximum Gasteiger partial charge on any atom is 0.193 e. The first kappa shape index (κ1) is 22.5. The zero-order valence-electron chi connectivity index (χ0n) is 16.7. The van der Waals surface area contributed by atoms with Gasteiger partial charge in [-0.15, -0.1) is 24.0 Å². The number of benzene rings is 2. The van der Waals surface area contributed by atoms with Crippen molar-refractivity contribution in [1.29, 1.82) is 0 Å². The van der Waals surface area contributed by atoms with E-state index in [4.69, 9.17) is 10.5 Å². The van der Waals surface area contributed by atoms with Crippen molar-refractivity contribution in [2.24, 2.45) is 16.6 Å². The lowest BCUT2D eigenvalue weighted by molar-refractivity contribution is 0.176. The molecular weight excluding hydrogens is 463 g/mol. The molecule has 5 nitrogen and oxygen atoms in total. The van der Waals surface area contributed by atoms with E-state index in [1.54, 1.807) is 7.11 Å². The molecule has 2 aromatic rings. The van der Waals surface area contributed by atoms with E-state index in [-0.39, 0.29) is 24.0 Å². The average Bonchev–Trinajstić information content (AvgIpc) is 2.68. The van der Waals surface area contributed by atoms with E-state index in [0.29, 0.717) is 12.5 Å². The Bertz CT molecular complexity index is 763. The molecule has 0 bridgehead atoms. The number of rotatable bonds is 6. The highest BCUT2D eigenvalue weighted by molar-refractivity contribution is 14.0. The number of anilines is 1. The molecule has 0 aromatic heterocycles. The molecule has 2 aromatic carbocycles. The Hall–Kier alpha value is -1.80. The third kappa shape index (κ3) is 6.98. The van der Waals surface area contributed by atoms with Crippen LogP contribution in [-0.4, -0.2) is 31.1 Å². The quantitative estimate of drug-likeness (QED) is 0.354. The largest absolute Gasteiger partial charge is 0.497 e. The molecule has 1 unspecified atom stereocenters. The Morgan fingerprint density at radius 2 is 1.96 bits per heavy atom. The standard InChI is InChI=1S/C22H30N4O.HI/c1-17-5-4-12-26(15-17)16-19-10-8-18(9-11-19)14-24-22(23)25-20-6-3-7-21(13-20)27-2;/h3,6-11,13,17H,4-5,12,14-16H2,1-2H3,(H3,23,24,25);1H. The molecule has 1 heterocycles. The fourth-order valence-corrected chi connectivity index (χ4v) is 3.50. The fourth-order valence-electron chi connectivity index (χ4n) is 3.50. The van der Waals surface area contributed by atoms with E-state index in [0.717, 1.165) is 29.5 Å². The second-order valence-corrected chi connectivity index (χ2v) is 7.36. The maximum absolute atomic E-state index is 6.00. The van der Waals surface area contributed by atoms with E-state index in [2.05, 4.69) is 46.4 Å². The van der Waals surface area contributed by atoms with Crippen molar-refractivity contribution in [3.63, 3.8) is 0 Å². The number of likely N-dealkylation sites (tertiary alicyclic amines) is 1. The molecule has 0 amide bonds. The number of nitrogens with one attached hydrogen (secondary N) is 1. The number of nitrogens with two attached hydrogens (primary N) is 1. The van der Waals surface area contributed by atoms with Gasteiger partial charge in [0.15, 0.2) is 5.96 Å². The zero-order chi connectivity index (χ0) is 19.1. The number of halogens is 1. The summed E-state index contributed by atoms with van der Waals surface area (Å²) in [6, 6.07) is 16.3. The monoisotopic (exact) mass is 494 g/mol. The molecule has 3 N–H and O–H groups in total. The molecule has 0 radical (unpaired) electrons. The van der Waals surface area contributed by atoms with Crippen molar-refractivity contribution in [2.45, 2.75) is 32.9 Å². The highest BCUT2D eigenvalue weighted by Crippen LogP contribution is 2.18. The predicted octanol–water partition coefficient (Wildman–Crippen LogP) is 4.47. The molecule has 6 heteroatoms. The summed E-state index contributed by atoms with van der Waals surface area (Å²) < 4.78 is 5.21. The van der Waals surface area contributed by atoms with Crippen molar-refractivity contribution in [3.05, 3.63) is 59.7 Å². The van der Waals surface area contributed by atoms with E-state index < -0.39 is 0 Å². The first-order valence-electron chi connectivity index (χ1n) is 9.63. The first-order valence-corrected chi connectivity index (χ1v) is 9.63. The predicted molar refractivity (Wildman–Crippen MR) is 127 cm³/mol. The Morgan fingerprint density at radius 3 is 2.68 bits per heavy atom. The summed E-state index contributed by atoms with van der Waals surface area (Å²) in [5.41, 5.74) is 9.38. The molecule has 152 valence electrons. The number of ether oxygens (including phenoxy) is 1. The molecule has 3 rings (SSSR count). The van der Waals surface area contributed by atoms with Crippen LogP contribution in [0.1, 0.15) is 30.9 Å². The number of hydrogen-bond acceptors (Lipinski definition) is 3.